The van der Waals surface area contributed by atoms with E-state index < -0.39 is 24.4 Å². The van der Waals surface area contributed by atoms with Gasteiger partial charge < -0.3 is 38.5 Å². The monoisotopic (exact) mass is 1090 g/mol. The Labute approximate surface area is 401 Å². The van der Waals surface area contributed by atoms with E-state index in [0.717, 1.165) is 7.14 Å². The first-order chi connectivity index (χ1) is 28.6. The van der Waals surface area contributed by atoms with Gasteiger partial charge in [-0.15, -0.1) is 0 Å². The molecule has 62 heavy (non-hydrogen) atoms. The zero-order valence-electron chi connectivity index (χ0n) is 41.2. The molecule has 0 spiro atoms. The second-order valence-electron chi connectivity index (χ2n) is 17.9. The molecular weight excluding hydrogens is 1010 g/mol. The fourth-order valence-corrected chi connectivity index (χ4v) is 8.80. The first-order valence-electron chi connectivity index (χ1n) is 22.1. The summed E-state index contributed by atoms with van der Waals surface area (Å²) in [6.07, 6.45) is -2.54. The third-order valence-corrected chi connectivity index (χ3v) is 12.1. The normalized spacial score (nSPS) is 13.5. The number of ether oxygens (including phenoxy) is 4. The van der Waals surface area contributed by atoms with Gasteiger partial charge in [0.15, 0.2) is 24.4 Å². The molecule has 4 atom stereocenters. The highest BCUT2D eigenvalue weighted by Gasteiger charge is 2.31. The Kier molecular flexibility index (Phi) is 24.0. The van der Waals surface area contributed by atoms with E-state index in [1.54, 1.807) is 27.7 Å². The average molecular weight is 1090 g/mol. The zero-order chi connectivity index (χ0) is 48.1. The summed E-state index contributed by atoms with van der Waals surface area (Å²) in [5.41, 5.74) is 0. The Hall–Kier alpha value is -3.02. The van der Waals surface area contributed by atoms with Crippen molar-refractivity contribution in [3.63, 3.8) is 0 Å². The second-order valence-corrected chi connectivity index (χ2v) is 20.1. The van der Waals surface area contributed by atoms with Crippen LogP contribution in [0.2, 0.25) is 0 Å². The maximum absolute atomic E-state index is 12.9. The SMILES string of the molecule is CC(C)N(C(=O)[C@@H](C)Oc1cccc(O[C@H](C)C(=O)N(C(C)C)C(C)C)c1I)C(C)C.CC(C)N(C(=O)[C@@H](C)Oc1cccc(O[C@H](C)C(=O)N(C(C)C)C(C)C)c1I)C(C)C. The van der Waals surface area contributed by atoms with Gasteiger partial charge in [0.25, 0.3) is 23.6 Å². The van der Waals surface area contributed by atoms with Crippen molar-refractivity contribution in [1.82, 2.24) is 19.6 Å². The fourth-order valence-electron chi connectivity index (χ4n) is 7.57. The number of amides is 4. The minimum absolute atomic E-state index is 0.0554. The van der Waals surface area contributed by atoms with Gasteiger partial charge in [-0.05, 0) is 208 Å². The molecule has 0 heterocycles. The number of carbonyl (C=O) groups excluding carboxylic acids is 4. The lowest BCUT2D eigenvalue weighted by molar-refractivity contribution is -0.142. The molecule has 0 aliphatic rings. The highest BCUT2D eigenvalue weighted by Crippen LogP contribution is 2.33. The topological polar surface area (TPSA) is 118 Å². The molecule has 14 heteroatoms. The van der Waals surface area contributed by atoms with Gasteiger partial charge in [0, 0.05) is 48.3 Å². The minimum atomic E-state index is -0.634. The first kappa shape index (κ1) is 57.0. The molecule has 0 N–H and O–H groups in total. The Balaban J connectivity index is 0.000000620. The number of carbonyl (C=O) groups is 4. The van der Waals surface area contributed by atoms with E-state index in [1.807, 2.05) is 167 Å². The number of hydrogen-bond acceptors (Lipinski definition) is 8. The van der Waals surface area contributed by atoms with Crippen LogP contribution in [0.25, 0.3) is 0 Å². The van der Waals surface area contributed by atoms with Crippen LogP contribution in [0, 0.1) is 7.14 Å². The Morgan fingerprint density at radius 1 is 0.339 bits per heavy atom. The molecule has 0 aliphatic carbocycles. The smallest absolute Gasteiger partial charge is 0.263 e. The molecule has 0 unspecified atom stereocenters. The van der Waals surface area contributed by atoms with Crippen LogP contribution in [0.15, 0.2) is 36.4 Å². The van der Waals surface area contributed by atoms with Gasteiger partial charge in [-0.3, -0.25) is 19.2 Å². The molecule has 0 saturated carbocycles. The number of nitrogens with zero attached hydrogens (tertiary/aromatic N) is 4. The van der Waals surface area contributed by atoms with Crippen LogP contribution in [-0.2, 0) is 19.2 Å². The first-order valence-corrected chi connectivity index (χ1v) is 24.3. The second kappa shape index (κ2) is 26.1. The molecule has 2 rings (SSSR count). The summed E-state index contributed by atoms with van der Waals surface area (Å²) in [6, 6.07) is 11.6. The summed E-state index contributed by atoms with van der Waals surface area (Å²) in [4.78, 5) is 59.0. The molecule has 352 valence electrons. The van der Waals surface area contributed by atoms with Crippen molar-refractivity contribution < 1.29 is 38.1 Å². The van der Waals surface area contributed by atoms with Crippen molar-refractivity contribution in [2.24, 2.45) is 0 Å². The molecule has 2 aromatic rings. The van der Waals surface area contributed by atoms with Crippen LogP contribution in [0.1, 0.15) is 138 Å². The molecule has 2 aromatic carbocycles. The third-order valence-electron chi connectivity index (χ3n) is 9.93. The molecule has 0 aliphatic heterocycles. The van der Waals surface area contributed by atoms with Gasteiger partial charge in [0.1, 0.15) is 23.0 Å². The summed E-state index contributed by atoms with van der Waals surface area (Å²) in [6.45, 7) is 39.0. The van der Waals surface area contributed by atoms with Gasteiger partial charge in [-0.25, -0.2) is 0 Å². The lowest BCUT2D eigenvalue weighted by Gasteiger charge is -2.33. The van der Waals surface area contributed by atoms with Crippen LogP contribution >= 0.6 is 45.2 Å². The van der Waals surface area contributed by atoms with Crippen LogP contribution in [-0.4, -0.2) is 116 Å². The summed E-state index contributed by atoms with van der Waals surface area (Å²) in [5, 5.41) is 0. The molecule has 0 saturated heterocycles. The van der Waals surface area contributed by atoms with E-state index in [2.05, 4.69) is 45.2 Å². The van der Waals surface area contributed by atoms with Crippen LogP contribution in [0.4, 0.5) is 0 Å². The minimum Gasteiger partial charge on any atom is -0.480 e. The maximum atomic E-state index is 12.9. The number of hydrogen-bond donors (Lipinski definition) is 0. The van der Waals surface area contributed by atoms with Gasteiger partial charge in [0.2, 0.25) is 0 Å². The van der Waals surface area contributed by atoms with E-state index in [1.165, 1.54) is 0 Å². The van der Waals surface area contributed by atoms with Crippen molar-refractivity contribution in [3.8, 4) is 23.0 Å². The van der Waals surface area contributed by atoms with Crippen molar-refractivity contribution in [2.45, 2.75) is 211 Å². The van der Waals surface area contributed by atoms with E-state index in [9.17, 15) is 19.2 Å². The summed E-state index contributed by atoms with van der Waals surface area (Å²) >= 11 is 4.29. The van der Waals surface area contributed by atoms with Crippen molar-refractivity contribution in [2.75, 3.05) is 0 Å². The summed E-state index contributed by atoms with van der Waals surface area (Å²) in [7, 11) is 0. The molecule has 0 aromatic heterocycles. The lowest BCUT2D eigenvalue weighted by atomic mass is 10.2. The molecule has 0 bridgehead atoms. The quantitative estimate of drug-likeness (QED) is 0.120. The maximum Gasteiger partial charge on any atom is 0.263 e. The lowest BCUT2D eigenvalue weighted by Crippen LogP contribution is -2.48. The predicted octanol–water partition coefficient (Wildman–Crippen LogP) is 10.2. The molecule has 0 fully saturated rings. The van der Waals surface area contributed by atoms with Crippen LogP contribution in [0.3, 0.4) is 0 Å². The van der Waals surface area contributed by atoms with E-state index in [4.69, 9.17) is 18.9 Å². The van der Waals surface area contributed by atoms with Crippen LogP contribution < -0.4 is 18.9 Å². The standard InChI is InChI=1S/2C24H39IN2O4/c2*1-14(2)26(15(3)4)23(28)18(9)30-20-12-11-13-21(22(20)25)31-19(10)24(29)27(16(5)6)17(7)8/h2*11-19H,1-10H3/t2*18-,19-/m11/s1. The van der Waals surface area contributed by atoms with Crippen molar-refractivity contribution in [1.29, 1.82) is 0 Å². The van der Waals surface area contributed by atoms with E-state index in [0.29, 0.717) is 23.0 Å². The number of halogens is 2. The zero-order valence-corrected chi connectivity index (χ0v) is 45.5. The third kappa shape index (κ3) is 16.2. The van der Waals surface area contributed by atoms with Gasteiger partial charge in [-0.1, -0.05) is 12.1 Å². The van der Waals surface area contributed by atoms with Gasteiger partial charge >= 0.3 is 0 Å². The molecule has 4 amide bonds. The van der Waals surface area contributed by atoms with E-state index >= 15 is 0 Å². The van der Waals surface area contributed by atoms with Gasteiger partial charge in [-0.2, -0.15) is 0 Å². The fraction of sp³-hybridized carbons (Fsp3) is 0.667. The van der Waals surface area contributed by atoms with Crippen LogP contribution in [0.5, 0.6) is 23.0 Å². The average Bonchev–Trinajstić information content (AvgIpc) is 3.13. The highest BCUT2D eigenvalue weighted by molar-refractivity contribution is 14.1. The highest BCUT2D eigenvalue weighted by atomic mass is 127. The Bertz CT molecular complexity index is 1480. The number of rotatable bonds is 20. The molecule has 0 radical (unpaired) electrons. The number of benzene rings is 2. The largest absolute Gasteiger partial charge is 0.480 e. The molecular formula is C48H78I2N4O8. The molecule has 12 nitrogen and oxygen atoms in total. The van der Waals surface area contributed by atoms with E-state index in [-0.39, 0.29) is 72.0 Å². The predicted molar refractivity (Wildman–Crippen MR) is 267 cm³/mol. The Morgan fingerprint density at radius 2 is 0.484 bits per heavy atom. The summed E-state index contributed by atoms with van der Waals surface area (Å²) < 4.78 is 25.6. The summed E-state index contributed by atoms with van der Waals surface area (Å²) in [5.74, 6) is 2.04. The Morgan fingerprint density at radius 3 is 0.613 bits per heavy atom. The van der Waals surface area contributed by atoms with Gasteiger partial charge in [0.05, 0.1) is 7.14 Å². The van der Waals surface area contributed by atoms with Crippen molar-refractivity contribution in [3.05, 3.63) is 43.5 Å². The van der Waals surface area contributed by atoms with Crippen molar-refractivity contribution >= 4 is 68.8 Å².